The summed E-state index contributed by atoms with van der Waals surface area (Å²) < 4.78 is 65.2. The van der Waals surface area contributed by atoms with E-state index in [4.69, 9.17) is 0 Å². The number of ether oxygens (including phenoxy) is 1. The number of hydrogen-bond donors (Lipinski definition) is 0. The molecule has 0 amide bonds. The molecule has 0 radical (unpaired) electrons. The molecule has 0 aliphatic carbocycles. The number of alkyl halides is 3. The maximum absolute atomic E-state index is 12.6. The predicted molar refractivity (Wildman–Crippen MR) is 70.2 cm³/mol. The molecule has 1 rings (SSSR count). The number of esters is 1. The van der Waals surface area contributed by atoms with Gasteiger partial charge in [-0.2, -0.15) is 13.2 Å². The van der Waals surface area contributed by atoms with E-state index in [2.05, 4.69) is 4.74 Å². The lowest BCUT2D eigenvalue weighted by molar-refractivity contribution is -0.143. The van der Waals surface area contributed by atoms with Crippen LogP contribution in [0.3, 0.4) is 0 Å². The fraction of sp³-hybridized carbons (Fsp3) is 0.462. The molecule has 1 unspecified atom stereocenters. The van der Waals surface area contributed by atoms with E-state index < -0.39 is 33.0 Å². The molecule has 0 saturated carbocycles. The summed E-state index contributed by atoms with van der Waals surface area (Å²) in [6.45, 7) is 1.21. The van der Waals surface area contributed by atoms with Crippen molar-refractivity contribution in [2.75, 3.05) is 6.61 Å². The van der Waals surface area contributed by atoms with Crippen molar-refractivity contribution >= 4 is 15.8 Å². The first-order valence-electron chi connectivity index (χ1n) is 6.21. The van der Waals surface area contributed by atoms with Gasteiger partial charge >= 0.3 is 11.5 Å². The molecule has 1 aromatic rings. The molecule has 0 heterocycles. The fourth-order valence-corrected chi connectivity index (χ4v) is 2.81. The molecule has 0 spiro atoms. The van der Waals surface area contributed by atoms with Crippen molar-refractivity contribution in [3.63, 3.8) is 0 Å². The highest BCUT2D eigenvalue weighted by Gasteiger charge is 2.53. The van der Waals surface area contributed by atoms with Crippen LogP contribution in [0.2, 0.25) is 0 Å². The Hall–Kier alpha value is -1.57. The Morgan fingerprint density at radius 1 is 1.24 bits per heavy atom. The van der Waals surface area contributed by atoms with Crippen LogP contribution in [-0.4, -0.2) is 31.8 Å². The van der Waals surface area contributed by atoms with Gasteiger partial charge in [-0.05, 0) is 25.3 Å². The van der Waals surface area contributed by atoms with Gasteiger partial charge in [0.15, 0.2) is 5.25 Å². The standard InChI is InChI=1S/C13H15F3O4S/c1-2-20-12(17)11(21(18,19)13(14,15)16)9-8-10-6-4-3-5-7-10/h3-7,11H,2,8-9H2,1H3. The van der Waals surface area contributed by atoms with Gasteiger partial charge in [-0.25, -0.2) is 8.42 Å². The smallest absolute Gasteiger partial charge is 0.465 e. The van der Waals surface area contributed by atoms with Gasteiger partial charge in [-0.1, -0.05) is 30.3 Å². The summed E-state index contributed by atoms with van der Waals surface area (Å²) >= 11 is 0. The summed E-state index contributed by atoms with van der Waals surface area (Å²) in [6.07, 6.45) is -0.454. The highest BCUT2D eigenvalue weighted by molar-refractivity contribution is 7.93. The molecular weight excluding hydrogens is 309 g/mol. The average Bonchev–Trinajstić information content (AvgIpc) is 2.39. The van der Waals surface area contributed by atoms with Crippen molar-refractivity contribution in [1.29, 1.82) is 0 Å². The molecule has 4 nitrogen and oxygen atoms in total. The quantitative estimate of drug-likeness (QED) is 0.754. The Bertz CT molecular complexity index is 567. The van der Waals surface area contributed by atoms with Crippen molar-refractivity contribution in [2.45, 2.75) is 30.5 Å². The van der Waals surface area contributed by atoms with Crippen molar-refractivity contribution in [1.82, 2.24) is 0 Å². The van der Waals surface area contributed by atoms with E-state index >= 15 is 0 Å². The lowest BCUT2D eigenvalue weighted by Crippen LogP contribution is -2.40. The molecule has 1 aromatic carbocycles. The molecule has 0 aliphatic heterocycles. The van der Waals surface area contributed by atoms with Crippen molar-refractivity contribution < 1.29 is 31.1 Å². The number of carbonyl (C=O) groups excluding carboxylic acids is 1. The molecule has 0 aliphatic rings. The van der Waals surface area contributed by atoms with Gasteiger partial charge < -0.3 is 4.74 Å². The summed E-state index contributed by atoms with van der Waals surface area (Å²) in [6, 6.07) is 8.35. The summed E-state index contributed by atoms with van der Waals surface area (Å²) in [7, 11) is -5.60. The van der Waals surface area contributed by atoms with Crippen LogP contribution in [0.15, 0.2) is 30.3 Å². The summed E-state index contributed by atoms with van der Waals surface area (Å²) in [5, 5.41) is -2.24. The lowest BCUT2D eigenvalue weighted by atomic mass is 10.1. The van der Waals surface area contributed by atoms with Crippen LogP contribution in [0.4, 0.5) is 13.2 Å². The van der Waals surface area contributed by atoms with E-state index in [0.29, 0.717) is 5.56 Å². The number of aryl methyl sites for hydroxylation is 1. The van der Waals surface area contributed by atoms with Crippen molar-refractivity contribution in [3.8, 4) is 0 Å². The van der Waals surface area contributed by atoms with E-state index in [1.165, 1.54) is 6.92 Å². The van der Waals surface area contributed by atoms with Gasteiger partial charge in [0.25, 0.3) is 9.84 Å². The minimum absolute atomic E-state index is 0.0274. The molecule has 0 aromatic heterocycles. The first-order chi connectivity index (χ1) is 9.70. The third kappa shape index (κ3) is 4.45. The second-order valence-electron chi connectivity index (χ2n) is 4.26. The zero-order valence-electron chi connectivity index (χ0n) is 11.3. The Morgan fingerprint density at radius 3 is 2.29 bits per heavy atom. The van der Waals surface area contributed by atoms with E-state index in [0.717, 1.165) is 0 Å². The molecule has 8 heteroatoms. The molecule has 0 N–H and O–H groups in total. The maximum Gasteiger partial charge on any atom is 0.498 e. The predicted octanol–water partition coefficient (Wildman–Crippen LogP) is 2.49. The number of carbonyl (C=O) groups is 1. The zero-order valence-corrected chi connectivity index (χ0v) is 12.1. The number of rotatable bonds is 6. The molecule has 21 heavy (non-hydrogen) atoms. The Morgan fingerprint density at radius 2 is 1.81 bits per heavy atom. The number of sulfone groups is 1. The van der Waals surface area contributed by atoms with Gasteiger partial charge in [0, 0.05) is 0 Å². The van der Waals surface area contributed by atoms with Crippen LogP contribution < -0.4 is 0 Å². The number of benzene rings is 1. The van der Waals surface area contributed by atoms with Crippen LogP contribution in [0, 0.1) is 0 Å². The average molecular weight is 324 g/mol. The normalized spacial score (nSPS) is 13.7. The molecule has 118 valence electrons. The number of halogens is 3. The van der Waals surface area contributed by atoms with Crippen LogP contribution in [0.1, 0.15) is 18.9 Å². The zero-order chi connectivity index (χ0) is 16.1. The molecule has 0 fully saturated rings. The third-order valence-corrected chi connectivity index (χ3v) is 4.61. The van der Waals surface area contributed by atoms with Crippen LogP contribution in [0.25, 0.3) is 0 Å². The first-order valence-corrected chi connectivity index (χ1v) is 7.75. The first kappa shape index (κ1) is 17.5. The van der Waals surface area contributed by atoms with Gasteiger partial charge in [-0.3, -0.25) is 4.79 Å². The van der Waals surface area contributed by atoms with E-state index in [-0.39, 0.29) is 13.0 Å². The van der Waals surface area contributed by atoms with Crippen LogP contribution >= 0.6 is 0 Å². The monoisotopic (exact) mass is 324 g/mol. The van der Waals surface area contributed by atoms with Gasteiger partial charge in [0.05, 0.1) is 6.61 Å². The fourth-order valence-electron chi connectivity index (χ4n) is 1.74. The molecule has 0 bridgehead atoms. The van der Waals surface area contributed by atoms with E-state index in [9.17, 15) is 26.4 Å². The molecule has 1 atom stereocenters. The Kier molecular flexibility index (Phi) is 5.77. The second kappa shape index (κ2) is 6.93. The van der Waals surface area contributed by atoms with Gasteiger partial charge in [0.1, 0.15) is 0 Å². The van der Waals surface area contributed by atoms with Gasteiger partial charge in [-0.15, -0.1) is 0 Å². The van der Waals surface area contributed by atoms with Crippen molar-refractivity contribution in [3.05, 3.63) is 35.9 Å². The SMILES string of the molecule is CCOC(=O)C(CCc1ccccc1)S(=O)(=O)C(F)(F)F. The Labute approximate surface area is 120 Å². The highest BCUT2D eigenvalue weighted by Crippen LogP contribution is 2.30. The molecular formula is C13H15F3O4S. The maximum atomic E-state index is 12.6. The van der Waals surface area contributed by atoms with Crippen LogP contribution in [0.5, 0.6) is 0 Å². The summed E-state index contributed by atoms with van der Waals surface area (Å²) in [4.78, 5) is 11.6. The highest BCUT2D eigenvalue weighted by atomic mass is 32.2. The van der Waals surface area contributed by atoms with Crippen molar-refractivity contribution in [2.24, 2.45) is 0 Å². The minimum atomic E-state index is -5.60. The largest absolute Gasteiger partial charge is 0.498 e. The van der Waals surface area contributed by atoms with E-state index in [1.54, 1.807) is 30.3 Å². The van der Waals surface area contributed by atoms with Gasteiger partial charge in [0.2, 0.25) is 0 Å². The van der Waals surface area contributed by atoms with Crippen LogP contribution in [-0.2, 0) is 25.8 Å². The molecule has 0 saturated heterocycles. The lowest BCUT2D eigenvalue weighted by Gasteiger charge is -2.17. The summed E-state index contributed by atoms with van der Waals surface area (Å²) in [5.41, 5.74) is -4.84. The number of hydrogen-bond acceptors (Lipinski definition) is 4. The minimum Gasteiger partial charge on any atom is -0.465 e. The Balaban J connectivity index is 2.96. The van der Waals surface area contributed by atoms with E-state index in [1.807, 2.05) is 0 Å². The third-order valence-electron chi connectivity index (χ3n) is 2.78. The second-order valence-corrected chi connectivity index (χ2v) is 6.38. The summed E-state index contributed by atoms with van der Waals surface area (Å²) in [5.74, 6) is -1.37. The topological polar surface area (TPSA) is 60.4 Å².